The zero-order valence-electron chi connectivity index (χ0n) is 13.4. The lowest BCUT2D eigenvalue weighted by Gasteiger charge is -2.23. The largest absolute Gasteiger partial charge is 0.387 e. The lowest BCUT2D eigenvalue weighted by molar-refractivity contribution is 0.112. The second-order valence-electron chi connectivity index (χ2n) is 5.63. The summed E-state index contributed by atoms with van der Waals surface area (Å²) in [4.78, 5) is 2.24. The van der Waals surface area contributed by atoms with Crippen LogP contribution in [0.25, 0.3) is 0 Å². The van der Waals surface area contributed by atoms with Gasteiger partial charge in [0.1, 0.15) is 0 Å². The van der Waals surface area contributed by atoms with Gasteiger partial charge in [0.2, 0.25) is 0 Å². The van der Waals surface area contributed by atoms with Gasteiger partial charge in [-0.25, -0.2) is 0 Å². The lowest BCUT2D eigenvalue weighted by atomic mass is 10.1. The van der Waals surface area contributed by atoms with Crippen LogP contribution in [0.1, 0.15) is 35.4 Å². The average molecular weight is 287 g/mol. The van der Waals surface area contributed by atoms with Gasteiger partial charge in [-0.3, -0.25) is 9.58 Å². The Kier molecular flexibility index (Phi) is 5.15. The standard InChI is InChI=1S/C17H25N3O/c1-5-20(11-16-10-18-19(4)14(16)3)12-17(21)15-8-6-13(2)7-9-15/h6-10,17,21H,5,11-12H2,1-4H3. The molecule has 4 nitrogen and oxygen atoms in total. The number of likely N-dealkylation sites (N-methyl/N-ethyl adjacent to an activating group) is 1. The summed E-state index contributed by atoms with van der Waals surface area (Å²) in [6.07, 6.45) is 1.46. The number of rotatable bonds is 6. The summed E-state index contributed by atoms with van der Waals surface area (Å²) in [6, 6.07) is 8.09. The molecule has 21 heavy (non-hydrogen) atoms. The molecule has 1 unspecified atom stereocenters. The van der Waals surface area contributed by atoms with Crippen molar-refractivity contribution in [2.45, 2.75) is 33.4 Å². The third-order valence-electron chi connectivity index (χ3n) is 4.07. The summed E-state index contributed by atoms with van der Waals surface area (Å²) in [5, 5.41) is 14.7. The first-order valence-corrected chi connectivity index (χ1v) is 7.45. The molecule has 114 valence electrons. The molecule has 1 aromatic carbocycles. The SMILES string of the molecule is CCN(Cc1cnn(C)c1C)CC(O)c1ccc(C)cc1. The number of aliphatic hydroxyl groups excluding tert-OH is 1. The molecule has 0 aliphatic carbocycles. The van der Waals surface area contributed by atoms with E-state index in [0.29, 0.717) is 6.54 Å². The minimum atomic E-state index is -0.456. The normalized spacial score (nSPS) is 12.9. The molecule has 4 heteroatoms. The Labute approximate surface area is 127 Å². The van der Waals surface area contributed by atoms with E-state index in [9.17, 15) is 5.11 Å². The quantitative estimate of drug-likeness (QED) is 0.888. The molecule has 0 bridgehead atoms. The maximum Gasteiger partial charge on any atom is 0.0917 e. The van der Waals surface area contributed by atoms with Gasteiger partial charge in [-0.1, -0.05) is 36.8 Å². The minimum Gasteiger partial charge on any atom is -0.387 e. The third-order valence-corrected chi connectivity index (χ3v) is 4.07. The topological polar surface area (TPSA) is 41.3 Å². The minimum absolute atomic E-state index is 0.456. The summed E-state index contributed by atoms with van der Waals surface area (Å²) in [6.45, 7) is 8.60. The van der Waals surface area contributed by atoms with E-state index >= 15 is 0 Å². The molecule has 0 amide bonds. The molecule has 0 fully saturated rings. The summed E-state index contributed by atoms with van der Waals surface area (Å²) in [7, 11) is 1.95. The van der Waals surface area contributed by atoms with E-state index in [4.69, 9.17) is 0 Å². The second kappa shape index (κ2) is 6.87. The molecular formula is C17H25N3O. The highest BCUT2D eigenvalue weighted by Crippen LogP contribution is 2.17. The van der Waals surface area contributed by atoms with Crippen molar-refractivity contribution in [3.8, 4) is 0 Å². The first-order chi connectivity index (χ1) is 10.0. The van der Waals surface area contributed by atoms with Gasteiger partial charge in [-0.05, 0) is 26.0 Å². The van der Waals surface area contributed by atoms with E-state index in [-0.39, 0.29) is 0 Å². The molecule has 0 saturated heterocycles. The van der Waals surface area contributed by atoms with Crippen molar-refractivity contribution in [2.24, 2.45) is 7.05 Å². The van der Waals surface area contributed by atoms with Crippen LogP contribution in [-0.4, -0.2) is 32.9 Å². The van der Waals surface area contributed by atoms with E-state index < -0.39 is 6.10 Å². The Hall–Kier alpha value is -1.65. The number of aromatic nitrogens is 2. The van der Waals surface area contributed by atoms with Crippen LogP contribution in [0.2, 0.25) is 0 Å². The molecule has 0 saturated carbocycles. The summed E-state index contributed by atoms with van der Waals surface area (Å²) >= 11 is 0. The van der Waals surface area contributed by atoms with Crippen molar-refractivity contribution in [1.82, 2.24) is 14.7 Å². The van der Waals surface area contributed by atoms with Crippen molar-refractivity contribution in [1.29, 1.82) is 0 Å². The summed E-state index contributed by atoms with van der Waals surface area (Å²) in [5.41, 5.74) is 4.58. The fourth-order valence-electron chi connectivity index (χ4n) is 2.38. The van der Waals surface area contributed by atoms with Gasteiger partial charge in [0.25, 0.3) is 0 Å². The first-order valence-electron chi connectivity index (χ1n) is 7.45. The molecule has 0 radical (unpaired) electrons. The fourth-order valence-corrected chi connectivity index (χ4v) is 2.38. The van der Waals surface area contributed by atoms with E-state index in [1.54, 1.807) is 0 Å². The molecule has 2 aromatic rings. The van der Waals surface area contributed by atoms with E-state index in [1.165, 1.54) is 16.8 Å². The summed E-state index contributed by atoms with van der Waals surface area (Å²) in [5.74, 6) is 0. The molecule has 1 heterocycles. The molecule has 1 atom stereocenters. The Morgan fingerprint density at radius 3 is 2.43 bits per heavy atom. The Bertz CT molecular complexity index is 574. The highest BCUT2D eigenvalue weighted by molar-refractivity contribution is 5.23. The van der Waals surface area contributed by atoms with E-state index in [1.807, 2.05) is 42.2 Å². The van der Waals surface area contributed by atoms with Gasteiger partial charge >= 0.3 is 0 Å². The molecule has 1 N–H and O–H groups in total. The fraction of sp³-hybridized carbons (Fsp3) is 0.471. The maximum absolute atomic E-state index is 10.4. The van der Waals surface area contributed by atoms with Crippen LogP contribution in [0.3, 0.4) is 0 Å². The molecule has 0 aliphatic heterocycles. The maximum atomic E-state index is 10.4. The molecular weight excluding hydrogens is 262 g/mol. The first kappa shape index (κ1) is 15.7. The Balaban J connectivity index is 2.01. The number of aliphatic hydroxyl groups is 1. The van der Waals surface area contributed by atoms with Crippen LogP contribution in [0.4, 0.5) is 0 Å². The lowest BCUT2D eigenvalue weighted by Crippen LogP contribution is -2.28. The van der Waals surface area contributed by atoms with Gasteiger partial charge in [0.15, 0.2) is 0 Å². The van der Waals surface area contributed by atoms with Crippen LogP contribution in [0, 0.1) is 13.8 Å². The highest BCUT2D eigenvalue weighted by Gasteiger charge is 2.14. The number of benzene rings is 1. The second-order valence-corrected chi connectivity index (χ2v) is 5.63. The van der Waals surface area contributed by atoms with Crippen molar-refractivity contribution >= 4 is 0 Å². The molecule has 2 rings (SSSR count). The monoisotopic (exact) mass is 287 g/mol. The van der Waals surface area contributed by atoms with Crippen molar-refractivity contribution < 1.29 is 5.11 Å². The van der Waals surface area contributed by atoms with Gasteiger partial charge in [0, 0.05) is 31.4 Å². The Morgan fingerprint density at radius 1 is 1.24 bits per heavy atom. The van der Waals surface area contributed by atoms with Crippen LogP contribution >= 0.6 is 0 Å². The average Bonchev–Trinajstić information content (AvgIpc) is 2.79. The predicted octanol–water partition coefficient (Wildman–Crippen LogP) is 2.59. The van der Waals surface area contributed by atoms with Crippen LogP contribution in [0.5, 0.6) is 0 Å². The van der Waals surface area contributed by atoms with Gasteiger partial charge < -0.3 is 5.11 Å². The number of hydrogen-bond donors (Lipinski definition) is 1. The molecule has 0 spiro atoms. The molecule has 1 aromatic heterocycles. The van der Waals surface area contributed by atoms with Crippen LogP contribution in [-0.2, 0) is 13.6 Å². The number of hydrogen-bond acceptors (Lipinski definition) is 3. The zero-order valence-corrected chi connectivity index (χ0v) is 13.4. The Morgan fingerprint density at radius 2 is 1.90 bits per heavy atom. The summed E-state index contributed by atoms with van der Waals surface area (Å²) < 4.78 is 1.89. The van der Waals surface area contributed by atoms with Crippen molar-refractivity contribution in [3.63, 3.8) is 0 Å². The third kappa shape index (κ3) is 3.93. The molecule has 0 aliphatic rings. The van der Waals surface area contributed by atoms with Crippen LogP contribution < -0.4 is 0 Å². The predicted molar refractivity (Wildman–Crippen MR) is 85.0 cm³/mol. The van der Waals surface area contributed by atoms with Crippen molar-refractivity contribution in [2.75, 3.05) is 13.1 Å². The van der Waals surface area contributed by atoms with Gasteiger partial charge in [0.05, 0.1) is 12.3 Å². The van der Waals surface area contributed by atoms with E-state index in [2.05, 4.69) is 30.8 Å². The zero-order chi connectivity index (χ0) is 15.4. The van der Waals surface area contributed by atoms with Gasteiger partial charge in [-0.2, -0.15) is 5.10 Å². The van der Waals surface area contributed by atoms with Crippen LogP contribution in [0.15, 0.2) is 30.5 Å². The number of aryl methyl sites for hydroxylation is 2. The van der Waals surface area contributed by atoms with Crippen molar-refractivity contribution in [3.05, 3.63) is 52.8 Å². The van der Waals surface area contributed by atoms with Gasteiger partial charge in [-0.15, -0.1) is 0 Å². The number of nitrogens with zero attached hydrogens (tertiary/aromatic N) is 3. The highest BCUT2D eigenvalue weighted by atomic mass is 16.3. The van der Waals surface area contributed by atoms with E-state index in [0.717, 1.165) is 18.7 Å². The smallest absolute Gasteiger partial charge is 0.0917 e.